The van der Waals surface area contributed by atoms with Crippen LogP contribution in [0.3, 0.4) is 0 Å². The molecule has 0 aliphatic carbocycles. The smallest absolute Gasteiger partial charge is 0.339 e. The largest absolute Gasteiger partial charge is 0.478 e. The Balaban J connectivity index is 1.62. The molecule has 0 bridgehead atoms. The lowest BCUT2D eigenvalue weighted by molar-refractivity contribution is 0.0602. The Kier molecular flexibility index (Phi) is 4.57. The van der Waals surface area contributed by atoms with Crippen LogP contribution < -0.4 is 0 Å². The van der Waals surface area contributed by atoms with Gasteiger partial charge in [-0.1, -0.05) is 6.07 Å². The topological polar surface area (TPSA) is 91.6 Å². The maximum Gasteiger partial charge on any atom is 0.339 e. The number of piperazine rings is 1. The van der Waals surface area contributed by atoms with E-state index >= 15 is 0 Å². The molecule has 8 nitrogen and oxygen atoms in total. The zero-order valence-corrected chi connectivity index (χ0v) is 13.4. The number of nitrogens with zero attached hydrogens (tertiary/aromatic N) is 5. The van der Waals surface area contributed by atoms with Crippen molar-refractivity contribution in [2.75, 3.05) is 26.2 Å². The van der Waals surface area contributed by atoms with Gasteiger partial charge in [-0.15, -0.1) is 0 Å². The molecule has 1 aliphatic rings. The van der Waals surface area contributed by atoms with Gasteiger partial charge in [-0.3, -0.25) is 19.4 Å². The molecule has 0 spiro atoms. The third kappa shape index (κ3) is 3.43. The summed E-state index contributed by atoms with van der Waals surface area (Å²) < 4.78 is 1.36. The molecule has 2 aromatic rings. The average molecular weight is 329 g/mol. The maximum absolute atomic E-state index is 12.6. The van der Waals surface area contributed by atoms with E-state index < -0.39 is 5.97 Å². The van der Waals surface area contributed by atoms with Crippen LogP contribution in [-0.4, -0.2) is 67.7 Å². The van der Waals surface area contributed by atoms with Crippen molar-refractivity contribution in [2.24, 2.45) is 7.05 Å². The van der Waals surface area contributed by atoms with Gasteiger partial charge in [0, 0.05) is 52.2 Å². The molecule has 3 rings (SSSR count). The summed E-state index contributed by atoms with van der Waals surface area (Å²) in [4.78, 5) is 32.0. The fourth-order valence-electron chi connectivity index (χ4n) is 2.78. The number of hydrogen-bond acceptors (Lipinski definition) is 5. The van der Waals surface area contributed by atoms with Crippen molar-refractivity contribution < 1.29 is 14.7 Å². The Labute approximate surface area is 139 Å². The first-order valence-electron chi connectivity index (χ1n) is 7.73. The Morgan fingerprint density at radius 2 is 1.96 bits per heavy atom. The predicted molar refractivity (Wildman–Crippen MR) is 85.6 cm³/mol. The lowest BCUT2D eigenvalue weighted by atomic mass is 10.2. The van der Waals surface area contributed by atoms with Gasteiger partial charge >= 0.3 is 5.97 Å². The fourth-order valence-corrected chi connectivity index (χ4v) is 2.78. The minimum atomic E-state index is -1.14. The van der Waals surface area contributed by atoms with E-state index in [1.165, 1.54) is 10.9 Å². The van der Waals surface area contributed by atoms with Crippen LogP contribution in [0, 0.1) is 0 Å². The van der Waals surface area contributed by atoms with Crippen LogP contribution in [-0.2, 0) is 13.6 Å². The van der Waals surface area contributed by atoms with Gasteiger partial charge in [0.2, 0.25) is 0 Å². The molecule has 126 valence electrons. The van der Waals surface area contributed by atoms with E-state index in [1.54, 1.807) is 18.1 Å². The Bertz CT molecular complexity index is 735. The lowest BCUT2D eigenvalue weighted by Gasteiger charge is -2.34. The third-order valence-electron chi connectivity index (χ3n) is 4.03. The number of carbonyl (C=O) groups is 2. The minimum Gasteiger partial charge on any atom is -0.478 e. The van der Waals surface area contributed by atoms with E-state index in [9.17, 15) is 14.7 Å². The highest BCUT2D eigenvalue weighted by Crippen LogP contribution is 2.13. The highest BCUT2D eigenvalue weighted by molar-refractivity contribution is 6.03. The second-order valence-corrected chi connectivity index (χ2v) is 5.76. The predicted octanol–water partition coefficient (Wildman–Crippen LogP) is 0.471. The van der Waals surface area contributed by atoms with Crippen LogP contribution >= 0.6 is 0 Å². The van der Waals surface area contributed by atoms with Crippen LogP contribution in [0.25, 0.3) is 0 Å². The quantitative estimate of drug-likeness (QED) is 0.877. The molecule has 8 heteroatoms. The van der Waals surface area contributed by atoms with Crippen LogP contribution in [0.2, 0.25) is 0 Å². The van der Waals surface area contributed by atoms with Gasteiger partial charge in [-0.2, -0.15) is 5.10 Å². The van der Waals surface area contributed by atoms with E-state index in [0.717, 1.165) is 25.3 Å². The summed E-state index contributed by atoms with van der Waals surface area (Å²) in [7, 11) is 1.61. The number of aromatic nitrogens is 3. The maximum atomic E-state index is 12.6. The van der Waals surface area contributed by atoms with Crippen molar-refractivity contribution in [2.45, 2.75) is 6.54 Å². The molecule has 0 atom stereocenters. The Hall–Kier alpha value is -2.74. The Morgan fingerprint density at radius 1 is 1.21 bits per heavy atom. The van der Waals surface area contributed by atoms with Gasteiger partial charge in [-0.05, 0) is 12.1 Å². The normalized spacial score (nSPS) is 15.5. The van der Waals surface area contributed by atoms with Gasteiger partial charge in [0.15, 0.2) is 5.69 Å². The number of carboxylic acid groups (broad SMARTS) is 1. The second-order valence-electron chi connectivity index (χ2n) is 5.76. The first kappa shape index (κ1) is 16.1. The van der Waals surface area contributed by atoms with Gasteiger partial charge in [0.25, 0.3) is 5.91 Å². The average Bonchev–Trinajstić information content (AvgIpc) is 2.98. The molecule has 0 saturated carbocycles. The van der Waals surface area contributed by atoms with Gasteiger partial charge in [0.1, 0.15) is 5.56 Å². The van der Waals surface area contributed by atoms with Crippen molar-refractivity contribution >= 4 is 11.9 Å². The van der Waals surface area contributed by atoms with Crippen molar-refractivity contribution in [3.8, 4) is 0 Å². The molecule has 1 aliphatic heterocycles. The van der Waals surface area contributed by atoms with E-state index in [2.05, 4.69) is 15.0 Å². The fraction of sp³-hybridized carbons (Fsp3) is 0.375. The van der Waals surface area contributed by atoms with Gasteiger partial charge in [0.05, 0.1) is 5.69 Å². The highest BCUT2D eigenvalue weighted by atomic mass is 16.4. The first-order valence-corrected chi connectivity index (χ1v) is 7.73. The molecular formula is C16H19N5O3. The monoisotopic (exact) mass is 329 g/mol. The number of rotatable bonds is 4. The van der Waals surface area contributed by atoms with Crippen LogP contribution in [0.5, 0.6) is 0 Å². The summed E-state index contributed by atoms with van der Waals surface area (Å²) in [6.45, 7) is 3.27. The second kappa shape index (κ2) is 6.79. The molecule has 2 aromatic heterocycles. The number of hydrogen-bond donors (Lipinski definition) is 1. The molecule has 0 radical (unpaired) electrons. The van der Waals surface area contributed by atoms with Crippen LogP contribution in [0.15, 0.2) is 30.6 Å². The molecule has 0 aromatic carbocycles. The number of pyridine rings is 1. The number of carbonyl (C=O) groups excluding carboxylic acids is 1. The molecule has 0 unspecified atom stereocenters. The van der Waals surface area contributed by atoms with E-state index in [-0.39, 0.29) is 17.2 Å². The first-order chi connectivity index (χ1) is 11.5. The van der Waals surface area contributed by atoms with Gasteiger partial charge in [-0.25, -0.2) is 4.79 Å². The third-order valence-corrected chi connectivity index (χ3v) is 4.03. The molecule has 1 amide bonds. The standard InChI is InChI=1S/C16H19N5O3/c1-19-11-13(16(23)24)14(18-19)15(22)21-8-6-20(7-9-21)10-12-4-2-3-5-17-12/h2-5,11H,6-10H2,1H3,(H,23,24). The summed E-state index contributed by atoms with van der Waals surface area (Å²) in [5.74, 6) is -1.47. The highest BCUT2D eigenvalue weighted by Gasteiger charge is 2.28. The zero-order chi connectivity index (χ0) is 17.1. The zero-order valence-electron chi connectivity index (χ0n) is 13.4. The summed E-state index contributed by atoms with van der Waals surface area (Å²) in [6, 6.07) is 5.81. The molecule has 1 N–H and O–H groups in total. The minimum absolute atomic E-state index is 0.00294. The summed E-state index contributed by atoms with van der Waals surface area (Å²) in [5, 5.41) is 13.2. The van der Waals surface area contributed by atoms with E-state index in [1.807, 2.05) is 18.2 Å². The van der Waals surface area contributed by atoms with Crippen LogP contribution in [0.1, 0.15) is 26.5 Å². The molecule has 1 saturated heterocycles. The number of aryl methyl sites for hydroxylation is 1. The molecule has 1 fully saturated rings. The van der Waals surface area contributed by atoms with Crippen molar-refractivity contribution in [3.05, 3.63) is 47.5 Å². The molecular weight excluding hydrogens is 310 g/mol. The number of carboxylic acids is 1. The molecule has 24 heavy (non-hydrogen) atoms. The van der Waals surface area contributed by atoms with Crippen molar-refractivity contribution in [1.29, 1.82) is 0 Å². The van der Waals surface area contributed by atoms with E-state index in [4.69, 9.17) is 0 Å². The van der Waals surface area contributed by atoms with Crippen LogP contribution in [0.4, 0.5) is 0 Å². The van der Waals surface area contributed by atoms with E-state index in [0.29, 0.717) is 13.1 Å². The SMILES string of the molecule is Cn1cc(C(=O)O)c(C(=O)N2CCN(Cc3ccccn3)CC2)n1. The van der Waals surface area contributed by atoms with Gasteiger partial charge < -0.3 is 10.0 Å². The molecule has 3 heterocycles. The summed E-state index contributed by atoms with van der Waals surface area (Å²) >= 11 is 0. The number of amides is 1. The van der Waals surface area contributed by atoms with Crippen molar-refractivity contribution in [3.63, 3.8) is 0 Å². The number of aromatic carboxylic acids is 1. The Morgan fingerprint density at radius 3 is 2.58 bits per heavy atom. The lowest BCUT2D eigenvalue weighted by Crippen LogP contribution is -2.48. The van der Waals surface area contributed by atoms with Crippen molar-refractivity contribution in [1.82, 2.24) is 24.6 Å². The summed E-state index contributed by atoms with van der Waals surface area (Å²) in [5.41, 5.74) is 0.941. The summed E-state index contributed by atoms with van der Waals surface area (Å²) in [6.07, 6.45) is 3.12.